The number of H-pyrrole nitrogens is 1. The van der Waals surface area contributed by atoms with Crippen molar-refractivity contribution in [1.29, 1.82) is 0 Å². The SMILES string of the molecule is O=C(c1ccccc1-c1cc[nH]c1)C1CCNCC1. The van der Waals surface area contributed by atoms with Crippen LogP contribution in [0.4, 0.5) is 0 Å². The molecule has 1 fully saturated rings. The first kappa shape index (κ1) is 12.2. The van der Waals surface area contributed by atoms with Crippen LogP contribution in [0.1, 0.15) is 23.2 Å². The second-order valence-electron chi connectivity index (χ2n) is 5.03. The van der Waals surface area contributed by atoms with Crippen LogP contribution in [0, 0.1) is 5.92 Å². The summed E-state index contributed by atoms with van der Waals surface area (Å²) in [5.74, 6) is 0.458. The van der Waals surface area contributed by atoms with Crippen molar-refractivity contribution in [2.75, 3.05) is 13.1 Å². The Balaban J connectivity index is 1.94. The van der Waals surface area contributed by atoms with E-state index in [2.05, 4.69) is 10.3 Å². The third-order valence-corrected chi connectivity index (χ3v) is 3.81. The lowest BCUT2D eigenvalue weighted by atomic mass is 9.86. The van der Waals surface area contributed by atoms with E-state index < -0.39 is 0 Å². The van der Waals surface area contributed by atoms with E-state index in [1.165, 1.54) is 0 Å². The molecule has 0 atom stereocenters. The molecule has 98 valence electrons. The quantitative estimate of drug-likeness (QED) is 0.827. The van der Waals surface area contributed by atoms with Crippen molar-refractivity contribution in [3.63, 3.8) is 0 Å². The molecule has 0 saturated carbocycles. The van der Waals surface area contributed by atoms with Gasteiger partial charge in [-0.05, 0) is 43.1 Å². The molecule has 19 heavy (non-hydrogen) atoms. The molecule has 2 N–H and O–H groups in total. The van der Waals surface area contributed by atoms with E-state index in [1.54, 1.807) is 0 Å². The van der Waals surface area contributed by atoms with Crippen LogP contribution in [0.25, 0.3) is 11.1 Å². The van der Waals surface area contributed by atoms with E-state index >= 15 is 0 Å². The number of nitrogens with one attached hydrogen (secondary N) is 2. The topological polar surface area (TPSA) is 44.9 Å². The fraction of sp³-hybridized carbons (Fsp3) is 0.312. The zero-order chi connectivity index (χ0) is 13.1. The van der Waals surface area contributed by atoms with Crippen molar-refractivity contribution in [3.05, 3.63) is 48.3 Å². The van der Waals surface area contributed by atoms with Gasteiger partial charge in [0.2, 0.25) is 0 Å². The first-order chi connectivity index (χ1) is 9.36. The molecule has 2 aromatic rings. The van der Waals surface area contributed by atoms with Gasteiger partial charge in [-0.2, -0.15) is 0 Å². The molecule has 2 heterocycles. The van der Waals surface area contributed by atoms with Crippen molar-refractivity contribution >= 4 is 5.78 Å². The van der Waals surface area contributed by atoms with Crippen LogP contribution in [-0.4, -0.2) is 23.9 Å². The average molecular weight is 254 g/mol. The highest BCUT2D eigenvalue weighted by Gasteiger charge is 2.24. The summed E-state index contributed by atoms with van der Waals surface area (Å²) in [4.78, 5) is 15.7. The van der Waals surface area contributed by atoms with E-state index in [9.17, 15) is 4.79 Å². The van der Waals surface area contributed by atoms with Crippen molar-refractivity contribution in [2.45, 2.75) is 12.8 Å². The van der Waals surface area contributed by atoms with Crippen LogP contribution in [0.2, 0.25) is 0 Å². The summed E-state index contributed by atoms with van der Waals surface area (Å²) in [6, 6.07) is 9.92. The molecular formula is C16H18N2O. The maximum atomic E-state index is 12.7. The number of ketones is 1. The fourth-order valence-corrected chi connectivity index (χ4v) is 2.75. The van der Waals surface area contributed by atoms with Crippen LogP contribution in [-0.2, 0) is 0 Å². The number of carbonyl (C=O) groups is 1. The summed E-state index contributed by atoms with van der Waals surface area (Å²) in [6.45, 7) is 1.89. The molecule has 1 aliphatic heterocycles. The summed E-state index contributed by atoms with van der Waals surface area (Å²) in [5, 5.41) is 3.31. The minimum atomic E-state index is 0.168. The van der Waals surface area contributed by atoms with E-state index in [0.29, 0.717) is 5.78 Å². The molecule has 3 nitrogen and oxygen atoms in total. The summed E-state index contributed by atoms with van der Waals surface area (Å²) >= 11 is 0. The maximum Gasteiger partial charge on any atom is 0.166 e. The highest BCUT2D eigenvalue weighted by atomic mass is 16.1. The van der Waals surface area contributed by atoms with E-state index in [1.807, 2.05) is 42.7 Å². The Morgan fingerprint density at radius 3 is 2.63 bits per heavy atom. The molecule has 1 aromatic carbocycles. The predicted octanol–water partition coefficient (Wildman–Crippen LogP) is 2.86. The summed E-state index contributed by atoms with van der Waals surface area (Å²) in [7, 11) is 0. The Morgan fingerprint density at radius 2 is 1.89 bits per heavy atom. The normalized spacial score (nSPS) is 16.4. The minimum Gasteiger partial charge on any atom is -0.367 e. The molecule has 3 heteroatoms. The highest BCUT2D eigenvalue weighted by Crippen LogP contribution is 2.27. The molecule has 1 aromatic heterocycles. The predicted molar refractivity (Wildman–Crippen MR) is 76.2 cm³/mol. The van der Waals surface area contributed by atoms with Crippen LogP contribution in [0.15, 0.2) is 42.7 Å². The molecule has 1 saturated heterocycles. The summed E-state index contributed by atoms with van der Waals surface area (Å²) < 4.78 is 0. The molecule has 1 aliphatic rings. The van der Waals surface area contributed by atoms with Crippen LogP contribution in [0.3, 0.4) is 0 Å². The third-order valence-electron chi connectivity index (χ3n) is 3.81. The van der Waals surface area contributed by atoms with Gasteiger partial charge in [0.05, 0.1) is 0 Å². The lowest BCUT2D eigenvalue weighted by molar-refractivity contribution is 0.0896. The van der Waals surface area contributed by atoms with Gasteiger partial charge in [-0.25, -0.2) is 0 Å². The number of benzene rings is 1. The number of Topliss-reactive ketones (excluding diaryl/α,β-unsaturated/α-hetero) is 1. The number of carbonyl (C=O) groups excluding carboxylic acids is 1. The monoisotopic (exact) mass is 254 g/mol. The van der Waals surface area contributed by atoms with Crippen molar-refractivity contribution < 1.29 is 4.79 Å². The van der Waals surface area contributed by atoms with E-state index in [-0.39, 0.29) is 5.92 Å². The first-order valence-electron chi connectivity index (χ1n) is 6.83. The number of rotatable bonds is 3. The summed E-state index contributed by atoms with van der Waals surface area (Å²) in [6.07, 6.45) is 5.72. The van der Waals surface area contributed by atoms with Gasteiger partial charge in [-0.1, -0.05) is 24.3 Å². The Labute approximate surface area is 113 Å². The molecule has 3 rings (SSSR count). The fourth-order valence-electron chi connectivity index (χ4n) is 2.75. The lowest BCUT2D eigenvalue weighted by Crippen LogP contribution is -2.32. The standard InChI is InChI=1S/C16H18N2O/c19-16(12-5-8-17-9-6-12)15-4-2-1-3-14(15)13-7-10-18-11-13/h1-4,7,10-12,17-18H,5-6,8-9H2. The van der Waals surface area contributed by atoms with Crippen molar-refractivity contribution in [2.24, 2.45) is 5.92 Å². The number of aromatic nitrogens is 1. The zero-order valence-electron chi connectivity index (χ0n) is 10.9. The second-order valence-corrected chi connectivity index (χ2v) is 5.03. The first-order valence-corrected chi connectivity index (χ1v) is 6.83. The lowest BCUT2D eigenvalue weighted by Gasteiger charge is -2.22. The van der Waals surface area contributed by atoms with Gasteiger partial charge < -0.3 is 10.3 Å². The molecule has 0 spiro atoms. The Morgan fingerprint density at radius 1 is 1.11 bits per heavy atom. The van der Waals surface area contributed by atoms with Gasteiger partial charge in [0.1, 0.15) is 0 Å². The Kier molecular flexibility index (Phi) is 3.47. The highest BCUT2D eigenvalue weighted by molar-refractivity contribution is 6.03. The third kappa shape index (κ3) is 2.47. The largest absolute Gasteiger partial charge is 0.367 e. The van der Waals surface area contributed by atoms with Crippen LogP contribution >= 0.6 is 0 Å². The van der Waals surface area contributed by atoms with Crippen molar-refractivity contribution in [1.82, 2.24) is 10.3 Å². The minimum absolute atomic E-state index is 0.168. The number of hydrogen-bond acceptors (Lipinski definition) is 2. The zero-order valence-corrected chi connectivity index (χ0v) is 10.9. The molecule has 0 bridgehead atoms. The van der Waals surface area contributed by atoms with Gasteiger partial charge in [0, 0.05) is 23.9 Å². The second kappa shape index (κ2) is 5.41. The van der Waals surface area contributed by atoms with Crippen molar-refractivity contribution in [3.8, 4) is 11.1 Å². The van der Waals surface area contributed by atoms with Crippen LogP contribution in [0.5, 0.6) is 0 Å². The van der Waals surface area contributed by atoms with E-state index in [4.69, 9.17) is 0 Å². The number of hydrogen-bond donors (Lipinski definition) is 2. The van der Waals surface area contributed by atoms with Crippen LogP contribution < -0.4 is 5.32 Å². The Bertz CT molecular complexity index is 554. The maximum absolute atomic E-state index is 12.7. The molecule has 0 aliphatic carbocycles. The number of piperidine rings is 1. The molecule has 0 amide bonds. The van der Waals surface area contributed by atoms with Gasteiger partial charge in [0.25, 0.3) is 0 Å². The average Bonchev–Trinajstić information content (AvgIpc) is 3.01. The van der Waals surface area contributed by atoms with Gasteiger partial charge >= 0.3 is 0 Å². The summed E-state index contributed by atoms with van der Waals surface area (Å²) in [5.41, 5.74) is 2.97. The Hall–Kier alpha value is -1.87. The number of aromatic amines is 1. The van der Waals surface area contributed by atoms with Gasteiger partial charge in [-0.3, -0.25) is 4.79 Å². The molecular weight excluding hydrogens is 236 g/mol. The molecule has 0 radical (unpaired) electrons. The molecule has 0 unspecified atom stereocenters. The van der Waals surface area contributed by atoms with Gasteiger partial charge in [-0.15, -0.1) is 0 Å². The van der Waals surface area contributed by atoms with E-state index in [0.717, 1.165) is 42.6 Å². The smallest absolute Gasteiger partial charge is 0.166 e. The van der Waals surface area contributed by atoms with Gasteiger partial charge in [0.15, 0.2) is 5.78 Å².